The van der Waals surface area contributed by atoms with Crippen LogP contribution in [0.1, 0.15) is 19.8 Å². The van der Waals surface area contributed by atoms with Crippen LogP contribution in [0.2, 0.25) is 5.28 Å². The average Bonchev–Trinajstić information content (AvgIpc) is 3.08. The minimum absolute atomic E-state index is 0.176. The van der Waals surface area contributed by atoms with Crippen molar-refractivity contribution in [3.63, 3.8) is 0 Å². The maximum absolute atomic E-state index is 5.96. The van der Waals surface area contributed by atoms with E-state index in [4.69, 9.17) is 11.6 Å². The van der Waals surface area contributed by atoms with Gasteiger partial charge >= 0.3 is 0 Å². The normalized spacial score (nSPS) is 22.1. The van der Waals surface area contributed by atoms with Gasteiger partial charge in [-0.3, -0.25) is 4.57 Å². The molecule has 0 aromatic carbocycles. The molecule has 0 amide bonds. The van der Waals surface area contributed by atoms with E-state index >= 15 is 0 Å². The molecule has 1 N–H and O–H groups in total. The van der Waals surface area contributed by atoms with Crippen LogP contribution >= 0.6 is 23.4 Å². The highest BCUT2D eigenvalue weighted by molar-refractivity contribution is 8.00. The lowest BCUT2D eigenvalue weighted by molar-refractivity contribution is 0.632. The lowest BCUT2D eigenvalue weighted by atomic mass is 10.1. The van der Waals surface area contributed by atoms with Gasteiger partial charge in [-0.1, -0.05) is 0 Å². The lowest BCUT2D eigenvalue weighted by Crippen LogP contribution is -2.28. The third kappa shape index (κ3) is 3.04. The van der Waals surface area contributed by atoms with E-state index < -0.39 is 0 Å². The van der Waals surface area contributed by atoms with Gasteiger partial charge in [0.25, 0.3) is 0 Å². The maximum atomic E-state index is 5.96. The van der Waals surface area contributed by atoms with Crippen molar-refractivity contribution >= 4 is 29.3 Å². The lowest BCUT2D eigenvalue weighted by Gasteiger charge is -2.22. The third-order valence-corrected chi connectivity index (χ3v) is 4.96. The van der Waals surface area contributed by atoms with Crippen LogP contribution in [0.5, 0.6) is 0 Å². The van der Waals surface area contributed by atoms with Crippen molar-refractivity contribution in [1.82, 2.24) is 24.5 Å². The molecule has 106 valence electrons. The van der Waals surface area contributed by atoms with Crippen LogP contribution in [0.4, 0.5) is 5.95 Å². The van der Waals surface area contributed by atoms with Crippen molar-refractivity contribution in [2.24, 2.45) is 0 Å². The number of halogens is 1. The summed E-state index contributed by atoms with van der Waals surface area (Å²) in [4.78, 5) is 16.6. The van der Waals surface area contributed by atoms with Crippen molar-refractivity contribution < 1.29 is 0 Å². The van der Waals surface area contributed by atoms with Crippen molar-refractivity contribution in [2.75, 3.05) is 17.6 Å². The zero-order valence-corrected chi connectivity index (χ0v) is 12.7. The van der Waals surface area contributed by atoms with Crippen LogP contribution in [0.15, 0.2) is 18.7 Å². The number of rotatable bonds is 4. The molecular formula is C12H15ClN6S. The largest absolute Gasteiger partial charge is 0.353 e. The Balaban J connectivity index is 1.76. The predicted octanol–water partition coefficient (Wildman–Crippen LogP) is 2.41. The highest BCUT2D eigenvalue weighted by Crippen LogP contribution is 2.37. The van der Waals surface area contributed by atoms with Crippen LogP contribution in [0, 0.1) is 0 Å². The number of aromatic nitrogens is 5. The minimum atomic E-state index is 0.176. The Labute approximate surface area is 126 Å². The fourth-order valence-electron chi connectivity index (χ4n) is 2.15. The molecule has 0 spiro atoms. The van der Waals surface area contributed by atoms with Gasteiger partial charge in [-0.25, -0.2) is 4.98 Å². The Hall–Kier alpha value is -1.34. The monoisotopic (exact) mass is 310 g/mol. The molecule has 0 saturated carbocycles. The van der Waals surface area contributed by atoms with E-state index in [0.29, 0.717) is 11.9 Å². The summed E-state index contributed by atoms with van der Waals surface area (Å²) in [5.41, 5.74) is 0. The van der Waals surface area contributed by atoms with Gasteiger partial charge in [-0.2, -0.15) is 26.7 Å². The Morgan fingerprint density at radius 2 is 2.35 bits per heavy atom. The molecule has 1 aliphatic heterocycles. The standard InChI is InChI=1S/C12H15ClN6S/c1-12(3-2-6-20-12)7-15-10-16-9(13)17-11(18-10)19-5-4-14-8-19/h4-5,8H,2-3,6-7H2,1H3,(H,15,16,17,18). The summed E-state index contributed by atoms with van der Waals surface area (Å²) < 4.78 is 1.94. The number of thioether (sulfide) groups is 1. The molecule has 1 unspecified atom stereocenters. The smallest absolute Gasteiger partial charge is 0.241 e. The summed E-state index contributed by atoms with van der Waals surface area (Å²) in [7, 11) is 0. The molecule has 2 aromatic rings. The van der Waals surface area contributed by atoms with Gasteiger partial charge in [0, 0.05) is 23.7 Å². The Morgan fingerprint density at radius 1 is 1.45 bits per heavy atom. The van der Waals surface area contributed by atoms with Gasteiger partial charge in [-0.05, 0) is 37.1 Å². The number of anilines is 1. The van der Waals surface area contributed by atoms with E-state index in [1.165, 1.54) is 18.6 Å². The summed E-state index contributed by atoms with van der Waals surface area (Å²) in [6, 6.07) is 0. The van der Waals surface area contributed by atoms with Gasteiger partial charge in [-0.15, -0.1) is 0 Å². The minimum Gasteiger partial charge on any atom is -0.353 e. The number of nitrogens with zero attached hydrogens (tertiary/aromatic N) is 5. The maximum Gasteiger partial charge on any atom is 0.241 e. The zero-order valence-electron chi connectivity index (χ0n) is 11.1. The summed E-state index contributed by atoms with van der Waals surface area (Å²) in [6.45, 7) is 3.08. The first-order chi connectivity index (χ1) is 9.65. The first-order valence-electron chi connectivity index (χ1n) is 6.42. The van der Waals surface area contributed by atoms with Crippen molar-refractivity contribution in [3.05, 3.63) is 24.0 Å². The summed E-state index contributed by atoms with van der Waals surface area (Å²) in [5, 5.41) is 3.45. The summed E-state index contributed by atoms with van der Waals surface area (Å²) in [6.07, 6.45) is 7.53. The number of hydrogen-bond donors (Lipinski definition) is 1. The van der Waals surface area contributed by atoms with E-state index in [-0.39, 0.29) is 10.0 Å². The summed E-state index contributed by atoms with van der Waals surface area (Å²) >= 11 is 7.94. The van der Waals surface area contributed by atoms with E-state index in [9.17, 15) is 0 Å². The van der Waals surface area contributed by atoms with Crippen LogP contribution in [-0.2, 0) is 0 Å². The molecule has 0 radical (unpaired) electrons. The topological polar surface area (TPSA) is 68.5 Å². The third-order valence-electron chi connectivity index (χ3n) is 3.25. The van der Waals surface area contributed by atoms with Gasteiger partial charge in [0.05, 0.1) is 0 Å². The fourth-order valence-corrected chi connectivity index (χ4v) is 3.55. The average molecular weight is 311 g/mol. The molecular weight excluding hydrogens is 296 g/mol. The molecule has 1 atom stereocenters. The molecule has 2 aromatic heterocycles. The molecule has 1 fully saturated rings. The summed E-state index contributed by atoms with van der Waals surface area (Å²) in [5.74, 6) is 2.19. The Bertz CT molecular complexity index is 582. The number of hydrogen-bond acceptors (Lipinski definition) is 6. The van der Waals surface area contributed by atoms with E-state index in [0.717, 1.165) is 6.54 Å². The first kappa shape index (κ1) is 13.6. The van der Waals surface area contributed by atoms with E-state index in [1.54, 1.807) is 23.3 Å². The van der Waals surface area contributed by atoms with E-state index in [1.807, 2.05) is 11.8 Å². The van der Waals surface area contributed by atoms with Crippen LogP contribution in [-0.4, -0.2) is 41.5 Å². The first-order valence-corrected chi connectivity index (χ1v) is 7.79. The Morgan fingerprint density at radius 3 is 3.05 bits per heavy atom. The SMILES string of the molecule is CC1(CNc2nc(Cl)nc(-n3ccnc3)n2)CCCS1. The molecule has 3 rings (SSSR count). The molecule has 6 nitrogen and oxygen atoms in total. The van der Waals surface area contributed by atoms with Gasteiger partial charge in [0.15, 0.2) is 0 Å². The quantitative estimate of drug-likeness (QED) is 0.935. The molecule has 1 saturated heterocycles. The molecule has 20 heavy (non-hydrogen) atoms. The zero-order chi connectivity index (χ0) is 14.0. The number of nitrogens with one attached hydrogen (secondary N) is 1. The second-order valence-electron chi connectivity index (χ2n) is 4.95. The molecule has 1 aliphatic rings. The van der Waals surface area contributed by atoms with Crippen molar-refractivity contribution in [1.29, 1.82) is 0 Å². The van der Waals surface area contributed by atoms with Crippen LogP contribution < -0.4 is 5.32 Å². The Kier molecular flexibility index (Phi) is 3.80. The van der Waals surface area contributed by atoms with Crippen molar-refractivity contribution in [2.45, 2.75) is 24.5 Å². The van der Waals surface area contributed by atoms with E-state index in [2.05, 4.69) is 32.2 Å². The molecule has 0 aliphatic carbocycles. The highest BCUT2D eigenvalue weighted by Gasteiger charge is 2.29. The molecule has 3 heterocycles. The predicted molar refractivity (Wildman–Crippen MR) is 80.5 cm³/mol. The molecule has 0 bridgehead atoms. The second kappa shape index (κ2) is 5.57. The molecule has 8 heteroatoms. The van der Waals surface area contributed by atoms with Gasteiger partial charge < -0.3 is 5.32 Å². The number of imidazole rings is 1. The van der Waals surface area contributed by atoms with Gasteiger partial charge in [0.1, 0.15) is 6.33 Å². The van der Waals surface area contributed by atoms with Crippen LogP contribution in [0.25, 0.3) is 5.95 Å². The second-order valence-corrected chi connectivity index (χ2v) is 6.97. The van der Waals surface area contributed by atoms with Gasteiger partial charge in [0.2, 0.25) is 17.2 Å². The highest BCUT2D eigenvalue weighted by atomic mass is 35.5. The van der Waals surface area contributed by atoms with Crippen LogP contribution in [0.3, 0.4) is 0 Å². The fraction of sp³-hybridized carbons (Fsp3) is 0.500. The van der Waals surface area contributed by atoms with Crippen molar-refractivity contribution in [3.8, 4) is 5.95 Å².